The van der Waals surface area contributed by atoms with Crippen LogP contribution < -0.4 is 16.0 Å². The minimum Gasteiger partial charge on any atom is -0.445 e. The van der Waals surface area contributed by atoms with E-state index in [1.165, 1.54) is 0 Å². The van der Waals surface area contributed by atoms with Crippen LogP contribution in [-0.2, 0) is 9.53 Å². The summed E-state index contributed by atoms with van der Waals surface area (Å²) in [5.74, 6) is -0.503. The molecule has 0 bridgehead atoms. The van der Waals surface area contributed by atoms with E-state index >= 15 is 0 Å². The van der Waals surface area contributed by atoms with Crippen LogP contribution in [0.25, 0.3) is 0 Å². The van der Waals surface area contributed by atoms with E-state index in [0.29, 0.717) is 17.0 Å². The Morgan fingerprint density at radius 2 is 1.77 bits per heavy atom. The monoisotopic (exact) mass is 402 g/mol. The Bertz CT molecular complexity index is 1010. The number of para-hydroxylation sites is 1. The first kappa shape index (κ1) is 21.0. The molecule has 1 aliphatic heterocycles. The van der Waals surface area contributed by atoms with Gasteiger partial charge in [0.15, 0.2) is 0 Å². The molecule has 0 saturated carbocycles. The van der Waals surface area contributed by atoms with Gasteiger partial charge in [-0.05, 0) is 50.6 Å². The maximum absolute atomic E-state index is 13.2. The molecule has 6 heteroatoms. The highest BCUT2D eigenvalue weighted by Gasteiger charge is 2.35. The molecule has 0 aliphatic carbocycles. The number of nitrogens with two attached hydrogens (primary N) is 1. The molecule has 0 unspecified atom stereocenters. The van der Waals surface area contributed by atoms with Crippen LogP contribution in [0.2, 0.25) is 0 Å². The van der Waals surface area contributed by atoms with E-state index < -0.39 is 5.92 Å². The molecule has 2 aromatic rings. The predicted octanol–water partition coefficient (Wildman–Crippen LogP) is 4.25. The zero-order valence-electron chi connectivity index (χ0n) is 17.5. The first-order valence-corrected chi connectivity index (χ1v) is 9.99. The minimum absolute atomic E-state index is 0.0316. The molecule has 1 aliphatic rings. The number of ether oxygens (including phenoxy) is 1. The molecule has 0 spiro atoms. The lowest BCUT2D eigenvalue weighted by atomic mass is 9.82. The maximum Gasteiger partial charge on any atom is 0.255 e. The zero-order valence-corrected chi connectivity index (χ0v) is 17.5. The summed E-state index contributed by atoms with van der Waals surface area (Å²) in [7, 11) is 0. The first-order chi connectivity index (χ1) is 14.5. The largest absolute Gasteiger partial charge is 0.445 e. The second kappa shape index (κ2) is 9.19. The van der Waals surface area contributed by atoms with Gasteiger partial charge in [0.25, 0.3) is 5.91 Å². The van der Waals surface area contributed by atoms with E-state index in [9.17, 15) is 10.1 Å². The number of nitriles is 1. The van der Waals surface area contributed by atoms with Gasteiger partial charge in [-0.3, -0.25) is 4.79 Å². The molecular weight excluding hydrogens is 376 g/mol. The SMILES string of the molecule is CCN(CC)c1ccc([C@@H]2C(C#N)=C(N)OC(C)=C2C(=O)Nc2ccccc2)cc1. The highest BCUT2D eigenvalue weighted by molar-refractivity contribution is 6.06. The molecule has 0 saturated heterocycles. The van der Waals surface area contributed by atoms with Gasteiger partial charge in [0.05, 0.1) is 11.5 Å². The van der Waals surface area contributed by atoms with E-state index in [2.05, 4.69) is 30.1 Å². The Labute approximate surface area is 177 Å². The Morgan fingerprint density at radius 3 is 2.33 bits per heavy atom. The second-order valence-corrected chi connectivity index (χ2v) is 6.98. The van der Waals surface area contributed by atoms with Crippen molar-refractivity contribution in [1.29, 1.82) is 5.26 Å². The van der Waals surface area contributed by atoms with Crippen LogP contribution in [-0.4, -0.2) is 19.0 Å². The third kappa shape index (κ3) is 4.15. The number of rotatable bonds is 6. The maximum atomic E-state index is 13.2. The molecule has 0 fully saturated rings. The number of hydrogen-bond donors (Lipinski definition) is 2. The number of carbonyl (C=O) groups is 1. The fourth-order valence-electron chi connectivity index (χ4n) is 3.69. The van der Waals surface area contributed by atoms with Crippen LogP contribution in [0.1, 0.15) is 32.3 Å². The van der Waals surface area contributed by atoms with Crippen LogP contribution in [0.4, 0.5) is 11.4 Å². The number of amides is 1. The Balaban J connectivity index is 2.01. The van der Waals surface area contributed by atoms with Gasteiger partial charge in [0.1, 0.15) is 17.4 Å². The van der Waals surface area contributed by atoms with Gasteiger partial charge in [-0.15, -0.1) is 0 Å². The lowest BCUT2D eigenvalue weighted by molar-refractivity contribution is -0.113. The molecule has 30 heavy (non-hydrogen) atoms. The van der Waals surface area contributed by atoms with Gasteiger partial charge >= 0.3 is 0 Å². The van der Waals surface area contributed by atoms with Gasteiger partial charge in [-0.1, -0.05) is 30.3 Å². The Morgan fingerprint density at radius 1 is 1.13 bits per heavy atom. The Hall–Kier alpha value is -3.72. The molecule has 2 aromatic carbocycles. The summed E-state index contributed by atoms with van der Waals surface area (Å²) in [4.78, 5) is 15.4. The number of carbonyl (C=O) groups excluding carboxylic acids is 1. The molecule has 0 aromatic heterocycles. The van der Waals surface area contributed by atoms with Crippen LogP contribution in [0.15, 0.2) is 77.4 Å². The molecule has 1 atom stereocenters. The minimum atomic E-state index is -0.599. The molecule has 6 nitrogen and oxygen atoms in total. The smallest absolute Gasteiger partial charge is 0.255 e. The van der Waals surface area contributed by atoms with Crippen LogP contribution >= 0.6 is 0 Å². The average Bonchev–Trinajstić information content (AvgIpc) is 2.75. The van der Waals surface area contributed by atoms with Crippen molar-refractivity contribution < 1.29 is 9.53 Å². The van der Waals surface area contributed by atoms with E-state index in [4.69, 9.17) is 10.5 Å². The highest BCUT2D eigenvalue weighted by Crippen LogP contribution is 2.40. The highest BCUT2D eigenvalue weighted by atomic mass is 16.5. The molecule has 3 N–H and O–H groups in total. The number of anilines is 2. The lowest BCUT2D eigenvalue weighted by Gasteiger charge is -2.28. The van der Waals surface area contributed by atoms with Gasteiger partial charge in [-0.25, -0.2) is 0 Å². The summed E-state index contributed by atoms with van der Waals surface area (Å²) in [6.45, 7) is 7.69. The third-order valence-electron chi connectivity index (χ3n) is 5.24. The summed E-state index contributed by atoms with van der Waals surface area (Å²) in [6, 6.07) is 19.2. The van der Waals surface area contributed by atoms with E-state index in [1.54, 1.807) is 19.1 Å². The van der Waals surface area contributed by atoms with Crippen LogP contribution in [0.3, 0.4) is 0 Å². The van der Waals surface area contributed by atoms with Crippen molar-refractivity contribution >= 4 is 17.3 Å². The van der Waals surface area contributed by atoms with Crippen LogP contribution in [0, 0.1) is 11.3 Å². The number of allylic oxidation sites excluding steroid dienone is 2. The topological polar surface area (TPSA) is 91.4 Å². The van der Waals surface area contributed by atoms with Crippen molar-refractivity contribution in [3.63, 3.8) is 0 Å². The fourth-order valence-corrected chi connectivity index (χ4v) is 3.69. The molecule has 1 heterocycles. The summed E-state index contributed by atoms with van der Waals surface area (Å²) in [6.07, 6.45) is 0. The van der Waals surface area contributed by atoms with E-state index in [1.807, 2.05) is 42.5 Å². The number of benzene rings is 2. The lowest BCUT2D eigenvalue weighted by Crippen LogP contribution is -2.28. The van der Waals surface area contributed by atoms with Gasteiger partial charge in [0, 0.05) is 24.5 Å². The van der Waals surface area contributed by atoms with Crippen molar-refractivity contribution in [2.45, 2.75) is 26.7 Å². The molecule has 1 amide bonds. The molecule has 3 rings (SSSR count). The van der Waals surface area contributed by atoms with Crippen molar-refractivity contribution in [3.8, 4) is 6.07 Å². The average molecular weight is 402 g/mol. The third-order valence-corrected chi connectivity index (χ3v) is 5.24. The summed E-state index contributed by atoms with van der Waals surface area (Å²) in [5.41, 5.74) is 9.17. The molecule has 154 valence electrons. The number of hydrogen-bond acceptors (Lipinski definition) is 5. The van der Waals surface area contributed by atoms with Gasteiger partial charge < -0.3 is 20.7 Å². The molecular formula is C24H26N4O2. The Kier molecular flexibility index (Phi) is 6.43. The van der Waals surface area contributed by atoms with Crippen molar-refractivity contribution in [3.05, 3.63) is 82.9 Å². The normalized spacial score (nSPS) is 16.0. The summed E-state index contributed by atoms with van der Waals surface area (Å²) < 4.78 is 5.56. The summed E-state index contributed by atoms with van der Waals surface area (Å²) in [5, 5.41) is 12.6. The number of nitrogens with zero attached hydrogens (tertiary/aromatic N) is 2. The van der Waals surface area contributed by atoms with Crippen molar-refractivity contribution in [2.75, 3.05) is 23.3 Å². The van der Waals surface area contributed by atoms with Gasteiger partial charge in [0.2, 0.25) is 5.88 Å². The molecule has 0 radical (unpaired) electrons. The first-order valence-electron chi connectivity index (χ1n) is 9.99. The predicted molar refractivity (Wildman–Crippen MR) is 118 cm³/mol. The fraction of sp³-hybridized carbons (Fsp3) is 0.250. The standard InChI is InChI=1S/C24H26N4O2/c1-4-28(5-2)19-13-11-17(12-14-19)22-20(15-25)23(26)30-16(3)21(22)24(29)27-18-9-7-6-8-10-18/h6-14,22H,4-5,26H2,1-3H3,(H,27,29)/t22-/m1/s1. The van der Waals surface area contributed by atoms with Crippen molar-refractivity contribution in [1.82, 2.24) is 0 Å². The second-order valence-electron chi connectivity index (χ2n) is 6.98. The van der Waals surface area contributed by atoms with E-state index in [-0.39, 0.29) is 17.4 Å². The van der Waals surface area contributed by atoms with Crippen LogP contribution in [0.5, 0.6) is 0 Å². The van der Waals surface area contributed by atoms with Gasteiger partial charge in [-0.2, -0.15) is 5.26 Å². The van der Waals surface area contributed by atoms with Crippen molar-refractivity contribution in [2.24, 2.45) is 5.73 Å². The summed E-state index contributed by atoms with van der Waals surface area (Å²) >= 11 is 0. The van der Waals surface area contributed by atoms with E-state index in [0.717, 1.165) is 24.3 Å². The quantitative estimate of drug-likeness (QED) is 0.754. The number of nitrogens with one attached hydrogen (secondary N) is 1. The zero-order chi connectivity index (χ0) is 21.7.